The van der Waals surface area contributed by atoms with Crippen molar-refractivity contribution in [3.8, 4) is 11.4 Å². The molecule has 0 aliphatic carbocycles. The molecule has 0 fully saturated rings. The molecule has 1 unspecified atom stereocenters. The van der Waals surface area contributed by atoms with Crippen molar-refractivity contribution in [1.82, 2.24) is 9.55 Å². The highest BCUT2D eigenvalue weighted by Gasteiger charge is 2.15. The van der Waals surface area contributed by atoms with Crippen LogP contribution in [0.3, 0.4) is 0 Å². The molecule has 1 atom stereocenters. The lowest BCUT2D eigenvalue weighted by molar-refractivity contribution is 0.579. The lowest BCUT2D eigenvalue weighted by atomic mass is 10.2. The van der Waals surface area contributed by atoms with Crippen molar-refractivity contribution in [2.24, 2.45) is 5.73 Å². The zero-order valence-corrected chi connectivity index (χ0v) is 11.0. The van der Waals surface area contributed by atoms with Gasteiger partial charge in [-0.3, -0.25) is 0 Å². The van der Waals surface area contributed by atoms with E-state index >= 15 is 0 Å². The van der Waals surface area contributed by atoms with E-state index < -0.39 is 0 Å². The van der Waals surface area contributed by atoms with Gasteiger partial charge in [0.1, 0.15) is 5.82 Å². The molecular formula is C16H17N3. The van der Waals surface area contributed by atoms with E-state index in [2.05, 4.69) is 29.7 Å². The molecule has 0 saturated carbocycles. The third kappa shape index (κ3) is 2.02. The van der Waals surface area contributed by atoms with Crippen molar-refractivity contribution in [3.05, 3.63) is 54.6 Å². The van der Waals surface area contributed by atoms with Crippen molar-refractivity contribution in [2.75, 3.05) is 6.54 Å². The molecule has 0 saturated heterocycles. The molecule has 0 radical (unpaired) electrons. The molecular weight excluding hydrogens is 234 g/mol. The normalized spacial score (nSPS) is 12.7. The Morgan fingerprint density at radius 1 is 1.05 bits per heavy atom. The number of nitrogens with zero attached hydrogens (tertiary/aromatic N) is 2. The van der Waals surface area contributed by atoms with E-state index in [4.69, 9.17) is 10.7 Å². The molecule has 2 N–H and O–H groups in total. The van der Waals surface area contributed by atoms with Gasteiger partial charge in [0.25, 0.3) is 0 Å². The van der Waals surface area contributed by atoms with Gasteiger partial charge in [-0.2, -0.15) is 0 Å². The van der Waals surface area contributed by atoms with Crippen LogP contribution in [0.1, 0.15) is 13.0 Å². The van der Waals surface area contributed by atoms with Gasteiger partial charge in [-0.15, -0.1) is 0 Å². The highest BCUT2D eigenvalue weighted by atomic mass is 15.1. The monoisotopic (exact) mass is 251 g/mol. The largest absolute Gasteiger partial charge is 0.328 e. The van der Waals surface area contributed by atoms with Gasteiger partial charge in [0.2, 0.25) is 0 Å². The topological polar surface area (TPSA) is 43.8 Å². The maximum absolute atomic E-state index is 5.85. The van der Waals surface area contributed by atoms with E-state index in [0.29, 0.717) is 6.54 Å². The molecule has 3 aromatic rings. The zero-order chi connectivity index (χ0) is 13.2. The van der Waals surface area contributed by atoms with Crippen LogP contribution in [0.4, 0.5) is 0 Å². The van der Waals surface area contributed by atoms with Gasteiger partial charge in [-0.25, -0.2) is 4.98 Å². The summed E-state index contributed by atoms with van der Waals surface area (Å²) in [5.41, 5.74) is 9.13. The molecule has 3 heteroatoms. The Labute approximate surface area is 112 Å². The lowest BCUT2D eigenvalue weighted by Crippen LogP contribution is -2.16. The van der Waals surface area contributed by atoms with Crippen molar-refractivity contribution < 1.29 is 0 Å². The Balaban J connectivity index is 2.29. The fourth-order valence-electron chi connectivity index (χ4n) is 2.39. The minimum atomic E-state index is 0.225. The SMILES string of the molecule is CC(CN)n1c(-c2ccccc2)nc2ccccc21. The van der Waals surface area contributed by atoms with Crippen molar-refractivity contribution >= 4 is 11.0 Å². The van der Waals surface area contributed by atoms with E-state index in [-0.39, 0.29) is 6.04 Å². The molecule has 0 aliphatic heterocycles. The maximum atomic E-state index is 5.85. The number of hydrogen-bond donors (Lipinski definition) is 1. The second-order valence-corrected chi connectivity index (χ2v) is 4.74. The van der Waals surface area contributed by atoms with Crippen LogP contribution in [0.2, 0.25) is 0 Å². The Hall–Kier alpha value is -2.13. The minimum absolute atomic E-state index is 0.225. The highest BCUT2D eigenvalue weighted by Crippen LogP contribution is 2.27. The van der Waals surface area contributed by atoms with Gasteiger partial charge in [-0.05, 0) is 19.1 Å². The van der Waals surface area contributed by atoms with E-state index in [0.717, 1.165) is 22.4 Å². The number of rotatable bonds is 3. The Morgan fingerprint density at radius 3 is 2.47 bits per heavy atom. The number of aromatic nitrogens is 2. The van der Waals surface area contributed by atoms with E-state index in [1.54, 1.807) is 0 Å². The molecule has 1 heterocycles. The fourth-order valence-corrected chi connectivity index (χ4v) is 2.39. The molecule has 0 spiro atoms. The number of benzene rings is 2. The summed E-state index contributed by atoms with van der Waals surface area (Å²) >= 11 is 0. The van der Waals surface area contributed by atoms with Gasteiger partial charge in [-0.1, -0.05) is 42.5 Å². The summed E-state index contributed by atoms with van der Waals surface area (Å²) in [6.45, 7) is 2.72. The first kappa shape index (κ1) is 11.9. The summed E-state index contributed by atoms with van der Waals surface area (Å²) in [6, 6.07) is 18.7. The molecule has 0 bridgehead atoms. The van der Waals surface area contributed by atoms with Crippen LogP contribution in [-0.2, 0) is 0 Å². The molecule has 96 valence electrons. The van der Waals surface area contributed by atoms with Gasteiger partial charge < -0.3 is 10.3 Å². The summed E-state index contributed by atoms with van der Waals surface area (Å²) in [5.74, 6) is 0.986. The van der Waals surface area contributed by atoms with E-state index in [1.807, 2.05) is 36.4 Å². The Bertz CT molecular complexity index is 686. The van der Waals surface area contributed by atoms with Crippen molar-refractivity contribution in [2.45, 2.75) is 13.0 Å². The number of fused-ring (bicyclic) bond motifs is 1. The molecule has 0 amide bonds. The zero-order valence-electron chi connectivity index (χ0n) is 11.0. The standard InChI is InChI=1S/C16H17N3/c1-12(11-17)19-15-10-6-5-9-14(15)18-16(19)13-7-3-2-4-8-13/h2-10,12H,11,17H2,1H3. The molecule has 3 rings (SSSR count). The first-order chi connectivity index (χ1) is 9.31. The van der Waals surface area contributed by atoms with Crippen LogP contribution in [0.15, 0.2) is 54.6 Å². The van der Waals surface area contributed by atoms with Crippen LogP contribution in [0, 0.1) is 0 Å². The summed E-state index contributed by atoms with van der Waals surface area (Å²) in [5, 5.41) is 0. The lowest BCUT2D eigenvalue weighted by Gasteiger charge is -2.15. The Kier molecular flexibility index (Phi) is 3.05. The second kappa shape index (κ2) is 4.86. The van der Waals surface area contributed by atoms with E-state index in [1.165, 1.54) is 0 Å². The molecule has 19 heavy (non-hydrogen) atoms. The third-order valence-electron chi connectivity index (χ3n) is 3.41. The fraction of sp³-hybridized carbons (Fsp3) is 0.188. The quantitative estimate of drug-likeness (QED) is 0.776. The van der Waals surface area contributed by atoms with E-state index in [9.17, 15) is 0 Å². The predicted octanol–water partition coefficient (Wildman–Crippen LogP) is 3.22. The highest BCUT2D eigenvalue weighted by molar-refractivity contribution is 5.80. The summed E-state index contributed by atoms with van der Waals surface area (Å²) in [4.78, 5) is 4.76. The number of para-hydroxylation sites is 2. The number of nitrogens with two attached hydrogens (primary N) is 1. The maximum Gasteiger partial charge on any atom is 0.141 e. The van der Waals surface area contributed by atoms with Crippen LogP contribution in [0.5, 0.6) is 0 Å². The van der Waals surface area contributed by atoms with Gasteiger partial charge >= 0.3 is 0 Å². The van der Waals surface area contributed by atoms with Gasteiger partial charge in [0, 0.05) is 18.2 Å². The summed E-state index contributed by atoms with van der Waals surface area (Å²) in [6.07, 6.45) is 0. The smallest absolute Gasteiger partial charge is 0.141 e. The molecule has 0 aliphatic rings. The van der Waals surface area contributed by atoms with Crippen molar-refractivity contribution in [1.29, 1.82) is 0 Å². The summed E-state index contributed by atoms with van der Waals surface area (Å²) in [7, 11) is 0. The number of imidazole rings is 1. The molecule has 2 aromatic carbocycles. The average Bonchev–Trinajstić information content (AvgIpc) is 2.87. The first-order valence-electron chi connectivity index (χ1n) is 6.53. The molecule has 1 aromatic heterocycles. The van der Waals surface area contributed by atoms with Gasteiger partial charge in [0.05, 0.1) is 11.0 Å². The Morgan fingerprint density at radius 2 is 1.74 bits per heavy atom. The summed E-state index contributed by atoms with van der Waals surface area (Å²) < 4.78 is 2.23. The van der Waals surface area contributed by atoms with Crippen LogP contribution in [0.25, 0.3) is 22.4 Å². The first-order valence-corrected chi connectivity index (χ1v) is 6.53. The predicted molar refractivity (Wildman–Crippen MR) is 78.9 cm³/mol. The third-order valence-corrected chi connectivity index (χ3v) is 3.41. The van der Waals surface area contributed by atoms with Gasteiger partial charge in [0.15, 0.2) is 0 Å². The average molecular weight is 251 g/mol. The second-order valence-electron chi connectivity index (χ2n) is 4.74. The number of hydrogen-bond acceptors (Lipinski definition) is 2. The molecule has 3 nitrogen and oxygen atoms in total. The van der Waals surface area contributed by atoms with Crippen molar-refractivity contribution in [3.63, 3.8) is 0 Å². The van der Waals surface area contributed by atoms with Crippen LogP contribution >= 0.6 is 0 Å². The van der Waals surface area contributed by atoms with Crippen LogP contribution in [-0.4, -0.2) is 16.1 Å². The van der Waals surface area contributed by atoms with Crippen LogP contribution < -0.4 is 5.73 Å². The minimum Gasteiger partial charge on any atom is -0.328 e.